The van der Waals surface area contributed by atoms with Crippen LogP contribution in [0.25, 0.3) is 0 Å². The van der Waals surface area contributed by atoms with Gasteiger partial charge in [0.2, 0.25) is 5.91 Å². The van der Waals surface area contributed by atoms with Crippen molar-refractivity contribution in [1.82, 2.24) is 0 Å². The molecule has 138 valence electrons. The molecule has 0 aliphatic heterocycles. The highest BCUT2D eigenvalue weighted by Gasteiger charge is 2.33. The first-order chi connectivity index (χ1) is 10.9. The predicted octanol–water partition coefficient (Wildman–Crippen LogP) is 5.34. The molecule has 3 N–H and O–H groups in total. The van der Waals surface area contributed by atoms with Crippen molar-refractivity contribution in [2.24, 2.45) is 11.7 Å². The minimum Gasteiger partial charge on any atom is -0.380 e. The number of hydrogen-bond donors (Lipinski definition) is 2. The van der Waals surface area contributed by atoms with Gasteiger partial charge in [-0.25, -0.2) is 0 Å². The van der Waals surface area contributed by atoms with Crippen molar-refractivity contribution in [2.45, 2.75) is 116 Å². The summed E-state index contributed by atoms with van der Waals surface area (Å²) in [6, 6.07) is 0. The highest BCUT2D eigenvalue weighted by atomic mass is 16.3. The zero-order chi connectivity index (χ0) is 17.6. The molecule has 0 spiro atoms. The maximum absolute atomic E-state index is 11.2. The summed E-state index contributed by atoms with van der Waals surface area (Å²) in [6.07, 6.45) is 18.2. The third kappa shape index (κ3) is 11.6. The second-order valence-electron chi connectivity index (χ2n) is 7.44. The van der Waals surface area contributed by atoms with Crippen molar-refractivity contribution < 1.29 is 9.90 Å². The monoisotopic (exact) mass is 327 g/mol. The largest absolute Gasteiger partial charge is 0.380 e. The number of unbranched alkanes of at least 4 members (excludes halogenated alkanes) is 12. The van der Waals surface area contributed by atoms with Gasteiger partial charge in [0.1, 0.15) is 5.60 Å². The normalized spacial score (nSPS) is 15.3. The van der Waals surface area contributed by atoms with Crippen LogP contribution in [0, 0.1) is 5.92 Å². The third-order valence-electron chi connectivity index (χ3n) is 5.20. The molecule has 2 atom stereocenters. The summed E-state index contributed by atoms with van der Waals surface area (Å²) in [4.78, 5) is 11.2. The van der Waals surface area contributed by atoms with Gasteiger partial charge in [-0.2, -0.15) is 0 Å². The van der Waals surface area contributed by atoms with Crippen LogP contribution >= 0.6 is 0 Å². The van der Waals surface area contributed by atoms with Crippen LogP contribution in [0.1, 0.15) is 111 Å². The molecule has 1 amide bonds. The van der Waals surface area contributed by atoms with Gasteiger partial charge >= 0.3 is 0 Å². The van der Waals surface area contributed by atoms with E-state index in [1.807, 2.05) is 6.92 Å². The Kier molecular flexibility index (Phi) is 13.5. The van der Waals surface area contributed by atoms with Gasteiger partial charge in [-0.3, -0.25) is 4.79 Å². The van der Waals surface area contributed by atoms with E-state index in [0.29, 0.717) is 0 Å². The third-order valence-corrected chi connectivity index (χ3v) is 5.20. The second kappa shape index (κ2) is 13.8. The Bertz CT molecular complexity index is 289. The number of hydrogen-bond acceptors (Lipinski definition) is 2. The maximum Gasteiger partial charge on any atom is 0.249 e. The van der Waals surface area contributed by atoms with E-state index in [-0.39, 0.29) is 5.92 Å². The second-order valence-corrected chi connectivity index (χ2v) is 7.44. The average Bonchev–Trinajstić information content (AvgIpc) is 2.51. The smallest absolute Gasteiger partial charge is 0.249 e. The standard InChI is InChI=1S/C20H41NO2/c1-4-5-6-7-8-9-10-11-12-13-14-15-16-17-18(2)20(3,23)19(21)22/h18,23H,4-17H2,1-3H3,(H2,21,22). The van der Waals surface area contributed by atoms with Gasteiger partial charge in [0.25, 0.3) is 0 Å². The molecule has 0 fully saturated rings. The van der Waals surface area contributed by atoms with Crippen molar-refractivity contribution in [2.75, 3.05) is 0 Å². The quantitative estimate of drug-likeness (QED) is 0.376. The Balaban J connectivity index is 3.32. The van der Waals surface area contributed by atoms with E-state index in [2.05, 4.69) is 6.92 Å². The minimum atomic E-state index is -1.36. The van der Waals surface area contributed by atoms with Gasteiger partial charge in [0.05, 0.1) is 0 Å². The lowest BCUT2D eigenvalue weighted by atomic mass is 9.86. The molecular weight excluding hydrogens is 286 g/mol. The first kappa shape index (κ1) is 22.4. The lowest BCUT2D eigenvalue weighted by molar-refractivity contribution is -0.139. The van der Waals surface area contributed by atoms with Crippen molar-refractivity contribution in [3.63, 3.8) is 0 Å². The van der Waals surface area contributed by atoms with Crippen LogP contribution in [0.3, 0.4) is 0 Å². The topological polar surface area (TPSA) is 63.3 Å². The molecule has 0 bridgehead atoms. The number of carbonyl (C=O) groups is 1. The Morgan fingerprint density at radius 1 is 0.870 bits per heavy atom. The fourth-order valence-electron chi connectivity index (χ4n) is 2.99. The Morgan fingerprint density at radius 2 is 1.22 bits per heavy atom. The van der Waals surface area contributed by atoms with Crippen molar-refractivity contribution in [3.8, 4) is 0 Å². The molecule has 3 heteroatoms. The molecule has 0 aromatic heterocycles. The van der Waals surface area contributed by atoms with Crippen molar-refractivity contribution in [1.29, 1.82) is 0 Å². The molecule has 0 radical (unpaired) electrons. The molecule has 0 aliphatic carbocycles. The zero-order valence-electron chi connectivity index (χ0n) is 15.9. The summed E-state index contributed by atoms with van der Waals surface area (Å²) in [5.41, 5.74) is 3.86. The summed E-state index contributed by atoms with van der Waals surface area (Å²) >= 11 is 0. The van der Waals surface area contributed by atoms with Gasteiger partial charge in [0.15, 0.2) is 0 Å². The number of amides is 1. The lowest BCUT2D eigenvalue weighted by Crippen LogP contribution is -2.46. The summed E-state index contributed by atoms with van der Waals surface area (Å²) in [5, 5.41) is 9.98. The van der Waals surface area contributed by atoms with Crippen LogP contribution in [0.2, 0.25) is 0 Å². The van der Waals surface area contributed by atoms with Crippen LogP contribution in [0.5, 0.6) is 0 Å². The summed E-state index contributed by atoms with van der Waals surface area (Å²) in [5.74, 6) is -0.674. The molecule has 2 unspecified atom stereocenters. The van der Waals surface area contributed by atoms with Crippen molar-refractivity contribution >= 4 is 5.91 Å². The number of primary amides is 1. The zero-order valence-corrected chi connectivity index (χ0v) is 15.9. The fourth-order valence-corrected chi connectivity index (χ4v) is 2.99. The number of rotatable bonds is 16. The molecule has 0 heterocycles. The van der Waals surface area contributed by atoms with E-state index in [4.69, 9.17) is 5.73 Å². The maximum atomic E-state index is 11.2. The SMILES string of the molecule is CCCCCCCCCCCCCCCC(C)C(C)(O)C(N)=O. The van der Waals surface area contributed by atoms with E-state index >= 15 is 0 Å². The van der Waals surface area contributed by atoms with E-state index in [1.54, 1.807) is 0 Å². The molecule has 3 nitrogen and oxygen atoms in total. The Hall–Kier alpha value is -0.570. The average molecular weight is 328 g/mol. The first-order valence-electron chi connectivity index (χ1n) is 9.95. The molecular formula is C20H41NO2. The van der Waals surface area contributed by atoms with Crippen LogP contribution in [0.4, 0.5) is 0 Å². The molecule has 0 saturated carbocycles. The van der Waals surface area contributed by atoms with Gasteiger partial charge in [-0.1, -0.05) is 97.3 Å². The number of aliphatic hydroxyl groups is 1. The molecule has 0 aromatic rings. The van der Waals surface area contributed by atoms with E-state index < -0.39 is 11.5 Å². The summed E-state index contributed by atoms with van der Waals surface area (Å²) in [6.45, 7) is 5.70. The molecule has 0 rings (SSSR count). The van der Waals surface area contributed by atoms with Crippen LogP contribution in [-0.4, -0.2) is 16.6 Å². The Morgan fingerprint density at radius 3 is 1.57 bits per heavy atom. The summed E-state index contributed by atoms with van der Waals surface area (Å²) < 4.78 is 0. The van der Waals surface area contributed by atoms with Crippen LogP contribution < -0.4 is 5.73 Å². The highest BCUT2D eigenvalue weighted by molar-refractivity contribution is 5.82. The highest BCUT2D eigenvalue weighted by Crippen LogP contribution is 2.23. The number of nitrogens with two attached hydrogens (primary N) is 1. The summed E-state index contributed by atoms with van der Waals surface area (Å²) in [7, 11) is 0. The van der Waals surface area contributed by atoms with Crippen LogP contribution in [0.15, 0.2) is 0 Å². The molecule has 0 aliphatic rings. The molecule has 0 saturated heterocycles. The van der Waals surface area contributed by atoms with Crippen LogP contribution in [-0.2, 0) is 4.79 Å². The Labute approximate surface area is 144 Å². The van der Waals surface area contributed by atoms with Gasteiger partial charge < -0.3 is 10.8 Å². The van der Waals surface area contributed by atoms with Crippen molar-refractivity contribution in [3.05, 3.63) is 0 Å². The van der Waals surface area contributed by atoms with Gasteiger partial charge in [-0.15, -0.1) is 0 Å². The fraction of sp³-hybridized carbons (Fsp3) is 0.950. The van der Waals surface area contributed by atoms with E-state index in [9.17, 15) is 9.90 Å². The van der Waals surface area contributed by atoms with E-state index in [0.717, 1.165) is 12.8 Å². The molecule has 23 heavy (non-hydrogen) atoms. The number of carbonyl (C=O) groups excluding carboxylic acids is 1. The van der Waals surface area contributed by atoms with E-state index in [1.165, 1.54) is 84.0 Å². The first-order valence-corrected chi connectivity index (χ1v) is 9.95. The lowest BCUT2D eigenvalue weighted by Gasteiger charge is -2.26. The minimum absolute atomic E-state index is 0.0623. The molecule has 0 aromatic carbocycles. The van der Waals surface area contributed by atoms with Gasteiger partial charge in [0, 0.05) is 0 Å². The van der Waals surface area contributed by atoms with Gasteiger partial charge in [-0.05, 0) is 19.3 Å². The predicted molar refractivity (Wildman–Crippen MR) is 99.3 cm³/mol.